The molecule has 0 unspecified atom stereocenters. The van der Waals surface area contributed by atoms with Gasteiger partial charge in [-0.25, -0.2) is 4.79 Å². The van der Waals surface area contributed by atoms with Crippen molar-refractivity contribution in [2.24, 2.45) is 5.92 Å². The Morgan fingerprint density at radius 3 is 2.65 bits per heavy atom. The summed E-state index contributed by atoms with van der Waals surface area (Å²) in [6.45, 7) is 1.17. The molecule has 1 aliphatic carbocycles. The van der Waals surface area contributed by atoms with Crippen LogP contribution in [0, 0.1) is 5.92 Å². The van der Waals surface area contributed by atoms with Crippen molar-refractivity contribution in [3.8, 4) is 11.5 Å². The molecule has 2 N–H and O–H groups in total. The number of rotatable bonds is 8. The van der Waals surface area contributed by atoms with Gasteiger partial charge in [-0.2, -0.15) is 0 Å². The average molecular weight is 320 g/mol. The zero-order chi connectivity index (χ0) is 16.5. The van der Waals surface area contributed by atoms with Gasteiger partial charge in [0.1, 0.15) is 11.5 Å². The third kappa shape index (κ3) is 5.66. The zero-order valence-corrected chi connectivity index (χ0v) is 14.2. The van der Waals surface area contributed by atoms with Gasteiger partial charge in [-0.05, 0) is 30.9 Å². The van der Waals surface area contributed by atoms with E-state index in [0.717, 1.165) is 30.2 Å². The predicted octanol–water partition coefficient (Wildman–Crippen LogP) is 3.47. The van der Waals surface area contributed by atoms with Crippen molar-refractivity contribution in [3.05, 3.63) is 23.8 Å². The van der Waals surface area contributed by atoms with Gasteiger partial charge in [0.2, 0.25) is 0 Å². The summed E-state index contributed by atoms with van der Waals surface area (Å²) in [5, 5.41) is 5.79. The lowest BCUT2D eigenvalue weighted by atomic mass is 10.0. The van der Waals surface area contributed by atoms with Gasteiger partial charge < -0.3 is 20.1 Å². The van der Waals surface area contributed by atoms with Crippen LogP contribution in [0.5, 0.6) is 11.5 Å². The zero-order valence-electron chi connectivity index (χ0n) is 14.2. The number of ether oxygens (including phenoxy) is 2. The summed E-state index contributed by atoms with van der Waals surface area (Å²) in [7, 11) is 3.23. The van der Waals surface area contributed by atoms with Crippen molar-refractivity contribution in [1.82, 2.24) is 10.6 Å². The Kier molecular flexibility index (Phi) is 7.04. The summed E-state index contributed by atoms with van der Waals surface area (Å²) >= 11 is 0. The monoisotopic (exact) mass is 320 g/mol. The van der Waals surface area contributed by atoms with Crippen LogP contribution in [0.2, 0.25) is 0 Å². The van der Waals surface area contributed by atoms with E-state index in [2.05, 4.69) is 10.6 Å². The first-order valence-corrected chi connectivity index (χ1v) is 8.45. The summed E-state index contributed by atoms with van der Waals surface area (Å²) in [5.41, 5.74) is 0.925. The molecule has 0 bridgehead atoms. The van der Waals surface area contributed by atoms with Gasteiger partial charge >= 0.3 is 6.03 Å². The van der Waals surface area contributed by atoms with E-state index in [1.807, 2.05) is 18.2 Å². The molecule has 1 aliphatic rings. The summed E-state index contributed by atoms with van der Waals surface area (Å²) in [4.78, 5) is 11.8. The Morgan fingerprint density at radius 1 is 1.17 bits per heavy atom. The second-order valence-electron chi connectivity index (χ2n) is 6.08. The fourth-order valence-corrected chi connectivity index (χ4v) is 3.13. The van der Waals surface area contributed by atoms with Crippen molar-refractivity contribution in [3.63, 3.8) is 0 Å². The highest BCUT2D eigenvalue weighted by atomic mass is 16.5. The lowest BCUT2D eigenvalue weighted by Crippen LogP contribution is -2.35. The first-order valence-electron chi connectivity index (χ1n) is 8.45. The molecule has 2 rings (SSSR count). The molecule has 128 valence electrons. The smallest absolute Gasteiger partial charge is 0.315 e. The molecule has 0 heterocycles. The highest BCUT2D eigenvalue weighted by molar-refractivity contribution is 5.73. The van der Waals surface area contributed by atoms with Crippen LogP contribution in [-0.4, -0.2) is 26.8 Å². The molecule has 5 heteroatoms. The topological polar surface area (TPSA) is 59.6 Å². The van der Waals surface area contributed by atoms with Crippen molar-refractivity contribution >= 4 is 6.03 Å². The van der Waals surface area contributed by atoms with E-state index in [4.69, 9.17) is 9.47 Å². The number of amides is 2. The molecule has 1 fully saturated rings. The van der Waals surface area contributed by atoms with E-state index >= 15 is 0 Å². The molecule has 5 nitrogen and oxygen atoms in total. The summed E-state index contributed by atoms with van der Waals surface area (Å²) in [5.74, 6) is 2.33. The fourth-order valence-electron chi connectivity index (χ4n) is 3.13. The number of hydrogen-bond acceptors (Lipinski definition) is 3. The van der Waals surface area contributed by atoms with Gasteiger partial charge in [0, 0.05) is 24.7 Å². The molecule has 1 saturated carbocycles. The van der Waals surface area contributed by atoms with Gasteiger partial charge in [0.15, 0.2) is 0 Å². The molecule has 0 aliphatic heterocycles. The SMILES string of the molecule is COc1ccc(CNC(=O)NCCCC2CCCC2)c(OC)c1. The third-order valence-electron chi connectivity index (χ3n) is 4.48. The van der Waals surface area contributed by atoms with Crippen molar-refractivity contribution in [1.29, 1.82) is 0 Å². The Balaban J connectivity index is 1.67. The predicted molar refractivity (Wildman–Crippen MR) is 91.0 cm³/mol. The summed E-state index contributed by atoms with van der Waals surface area (Å²) in [6.07, 6.45) is 7.77. The molecular weight excluding hydrogens is 292 g/mol. The Morgan fingerprint density at radius 2 is 1.96 bits per heavy atom. The van der Waals surface area contributed by atoms with Gasteiger partial charge in [-0.3, -0.25) is 0 Å². The standard InChI is InChI=1S/C18H28N2O3/c1-22-16-10-9-15(17(12-16)23-2)13-20-18(21)19-11-5-8-14-6-3-4-7-14/h9-10,12,14H,3-8,11,13H2,1-2H3,(H2,19,20,21). The number of methoxy groups -OCH3 is 2. The molecule has 1 aromatic carbocycles. The van der Waals surface area contributed by atoms with Crippen LogP contribution in [0.25, 0.3) is 0 Å². The molecule has 0 aromatic heterocycles. The lowest BCUT2D eigenvalue weighted by Gasteiger charge is -2.12. The van der Waals surface area contributed by atoms with E-state index in [1.165, 1.54) is 32.1 Å². The van der Waals surface area contributed by atoms with E-state index in [-0.39, 0.29) is 6.03 Å². The Labute approximate surface area is 138 Å². The first-order chi connectivity index (χ1) is 11.2. The van der Waals surface area contributed by atoms with Gasteiger partial charge in [-0.15, -0.1) is 0 Å². The second-order valence-corrected chi connectivity index (χ2v) is 6.08. The fraction of sp³-hybridized carbons (Fsp3) is 0.611. The number of urea groups is 1. The normalized spacial score (nSPS) is 14.5. The molecule has 0 saturated heterocycles. The molecule has 0 radical (unpaired) electrons. The number of carbonyl (C=O) groups is 1. The van der Waals surface area contributed by atoms with Crippen LogP contribution in [0.3, 0.4) is 0 Å². The third-order valence-corrected chi connectivity index (χ3v) is 4.48. The molecule has 0 spiro atoms. The molecular formula is C18H28N2O3. The van der Waals surface area contributed by atoms with Crippen LogP contribution in [0.1, 0.15) is 44.1 Å². The quantitative estimate of drug-likeness (QED) is 0.721. The number of nitrogens with one attached hydrogen (secondary N) is 2. The van der Waals surface area contributed by atoms with Crippen molar-refractivity contribution in [2.45, 2.75) is 45.1 Å². The number of carbonyl (C=O) groups excluding carboxylic acids is 1. The van der Waals surface area contributed by atoms with Crippen LogP contribution >= 0.6 is 0 Å². The minimum Gasteiger partial charge on any atom is -0.497 e. The maximum absolute atomic E-state index is 11.8. The van der Waals surface area contributed by atoms with Gasteiger partial charge in [0.05, 0.1) is 14.2 Å². The summed E-state index contributed by atoms with van der Waals surface area (Å²) in [6, 6.07) is 5.45. The maximum atomic E-state index is 11.8. The van der Waals surface area contributed by atoms with Gasteiger partial charge in [0.25, 0.3) is 0 Å². The van der Waals surface area contributed by atoms with E-state index < -0.39 is 0 Å². The number of benzene rings is 1. The van der Waals surface area contributed by atoms with Crippen LogP contribution in [0.15, 0.2) is 18.2 Å². The average Bonchev–Trinajstić information content (AvgIpc) is 3.10. The second kappa shape index (κ2) is 9.28. The van der Waals surface area contributed by atoms with Crippen molar-refractivity contribution < 1.29 is 14.3 Å². The largest absolute Gasteiger partial charge is 0.497 e. The highest BCUT2D eigenvalue weighted by Crippen LogP contribution is 2.28. The minimum atomic E-state index is -0.130. The van der Waals surface area contributed by atoms with Crippen LogP contribution in [-0.2, 0) is 6.54 Å². The minimum absolute atomic E-state index is 0.130. The van der Waals surface area contributed by atoms with Crippen LogP contribution < -0.4 is 20.1 Å². The summed E-state index contributed by atoms with van der Waals surface area (Å²) < 4.78 is 10.5. The van der Waals surface area contributed by atoms with Crippen molar-refractivity contribution in [2.75, 3.05) is 20.8 Å². The Bertz CT molecular complexity index is 499. The number of hydrogen-bond donors (Lipinski definition) is 2. The maximum Gasteiger partial charge on any atom is 0.315 e. The van der Waals surface area contributed by atoms with Crippen LogP contribution in [0.4, 0.5) is 4.79 Å². The first kappa shape index (κ1) is 17.4. The highest BCUT2D eigenvalue weighted by Gasteiger charge is 2.14. The molecule has 23 heavy (non-hydrogen) atoms. The lowest BCUT2D eigenvalue weighted by molar-refractivity contribution is 0.240. The van der Waals surface area contributed by atoms with E-state index in [9.17, 15) is 4.79 Å². The van der Waals surface area contributed by atoms with E-state index in [0.29, 0.717) is 12.3 Å². The van der Waals surface area contributed by atoms with Gasteiger partial charge in [-0.1, -0.05) is 25.7 Å². The van der Waals surface area contributed by atoms with E-state index in [1.54, 1.807) is 14.2 Å². The Hall–Kier alpha value is -1.91. The molecule has 2 amide bonds. The molecule has 0 atom stereocenters. The molecule has 1 aromatic rings.